The van der Waals surface area contributed by atoms with Gasteiger partial charge in [-0.25, -0.2) is 4.58 Å². The van der Waals surface area contributed by atoms with Crippen LogP contribution in [0.15, 0.2) is 72.8 Å². The summed E-state index contributed by atoms with van der Waals surface area (Å²) in [5.41, 5.74) is 3.90. The van der Waals surface area contributed by atoms with Crippen LogP contribution in [-0.4, -0.2) is 13.1 Å². The molecule has 0 aliphatic carbocycles. The topological polar surface area (TPSA) is 3.01 Å². The number of hydrogen-bond donors (Lipinski definition) is 0. The van der Waals surface area contributed by atoms with Gasteiger partial charge in [-0.15, -0.1) is 0 Å². The Morgan fingerprint density at radius 2 is 1.26 bits per heavy atom. The van der Waals surface area contributed by atoms with Gasteiger partial charge in [0.15, 0.2) is 0 Å². The third kappa shape index (κ3) is 3.13. The van der Waals surface area contributed by atoms with Gasteiger partial charge in [0.2, 0.25) is 0 Å². The van der Waals surface area contributed by atoms with Crippen LogP contribution < -0.4 is 9.25 Å². The predicted molar refractivity (Wildman–Crippen MR) is 99.4 cm³/mol. The molecule has 0 radical (unpaired) electrons. The van der Waals surface area contributed by atoms with Crippen molar-refractivity contribution in [3.8, 4) is 21.6 Å². The number of hydrogen-bond acceptors (Lipinski definition) is 1. The van der Waals surface area contributed by atoms with Crippen LogP contribution in [0.3, 0.4) is 0 Å². The third-order valence-corrected chi connectivity index (χ3v) is 5.52. The van der Waals surface area contributed by atoms with E-state index in [-0.39, 0.29) is 0 Å². The normalized spacial score (nSPS) is 14.2. The zero-order chi connectivity index (χ0) is 15.5. The van der Waals surface area contributed by atoms with Crippen molar-refractivity contribution in [2.75, 3.05) is 13.1 Å². The van der Waals surface area contributed by atoms with Gasteiger partial charge in [0.1, 0.15) is 13.1 Å². The van der Waals surface area contributed by atoms with Gasteiger partial charge < -0.3 is 0 Å². The van der Waals surface area contributed by atoms with E-state index in [1.807, 2.05) is 11.3 Å². The maximum atomic E-state index is 2.53. The molecule has 2 heteroatoms. The van der Waals surface area contributed by atoms with Crippen molar-refractivity contribution in [3.63, 3.8) is 0 Å². The van der Waals surface area contributed by atoms with E-state index in [1.165, 1.54) is 52.2 Å². The summed E-state index contributed by atoms with van der Waals surface area (Å²) < 4.78 is 3.92. The fourth-order valence-corrected chi connectivity index (χ4v) is 4.29. The Hall–Kier alpha value is -2.19. The van der Waals surface area contributed by atoms with Crippen molar-refractivity contribution in [2.24, 2.45) is 0 Å². The van der Waals surface area contributed by atoms with Gasteiger partial charge in [0, 0.05) is 23.8 Å². The first-order valence-electron chi connectivity index (χ1n) is 8.24. The molecule has 1 aromatic heterocycles. The van der Waals surface area contributed by atoms with Crippen LogP contribution in [0, 0.1) is 0 Å². The van der Waals surface area contributed by atoms with Crippen LogP contribution in [0.25, 0.3) is 21.6 Å². The summed E-state index contributed by atoms with van der Waals surface area (Å²) in [4.78, 5) is 1.34. The highest BCUT2D eigenvalue weighted by molar-refractivity contribution is 7.12. The van der Waals surface area contributed by atoms with Crippen LogP contribution in [-0.2, 0) is 0 Å². The van der Waals surface area contributed by atoms with Gasteiger partial charge in [-0.2, -0.15) is 0 Å². The minimum atomic E-state index is 1.18. The van der Waals surface area contributed by atoms with Gasteiger partial charge in [0.05, 0.1) is 0 Å². The lowest BCUT2D eigenvalue weighted by Gasteiger charge is -2.05. The molecule has 1 aliphatic heterocycles. The van der Waals surface area contributed by atoms with E-state index in [0.29, 0.717) is 0 Å². The largest absolute Gasteiger partial charge is 0.257 e. The molecule has 1 aliphatic rings. The highest BCUT2D eigenvalue weighted by atomic mass is 32.1. The molecule has 1 saturated heterocycles. The van der Waals surface area contributed by atoms with E-state index >= 15 is 0 Å². The van der Waals surface area contributed by atoms with Crippen molar-refractivity contribution in [1.82, 2.24) is 4.58 Å². The summed E-state index contributed by atoms with van der Waals surface area (Å²) >= 11 is 1.91. The Balaban J connectivity index is 1.93. The molecule has 0 N–H and O–H groups in total. The quantitative estimate of drug-likeness (QED) is 0.605. The fourth-order valence-electron chi connectivity index (χ4n) is 3.12. The molecule has 1 nitrogen and oxygen atoms in total. The molecule has 2 aromatic carbocycles. The van der Waals surface area contributed by atoms with E-state index in [9.17, 15) is 0 Å². The van der Waals surface area contributed by atoms with Crippen molar-refractivity contribution in [1.29, 1.82) is 0 Å². The monoisotopic (exact) mass is 318 g/mol. The molecular formula is C21H20NS+. The first-order chi connectivity index (χ1) is 11.4. The minimum absolute atomic E-state index is 1.18. The van der Waals surface area contributed by atoms with E-state index in [2.05, 4.69) is 77.4 Å². The summed E-state index contributed by atoms with van der Waals surface area (Å²) in [6.07, 6.45) is 2.62. The van der Waals surface area contributed by atoms with Gasteiger partial charge in [-0.1, -0.05) is 72.0 Å². The fraction of sp³-hybridized carbons (Fsp3) is 0.190. The lowest BCUT2D eigenvalue weighted by molar-refractivity contribution is 0.706. The smallest absolute Gasteiger partial charge is 0.221 e. The first kappa shape index (κ1) is 14.4. The van der Waals surface area contributed by atoms with Crippen molar-refractivity contribution in [2.45, 2.75) is 12.8 Å². The Morgan fingerprint density at radius 1 is 0.652 bits per heavy atom. The first-order valence-corrected chi connectivity index (χ1v) is 9.06. The molecule has 114 valence electrons. The number of rotatable bonds is 2. The van der Waals surface area contributed by atoms with Gasteiger partial charge in [-0.3, -0.25) is 0 Å². The van der Waals surface area contributed by atoms with E-state index in [1.54, 1.807) is 0 Å². The maximum Gasteiger partial charge on any atom is 0.257 e. The van der Waals surface area contributed by atoms with Crippen LogP contribution in [0.2, 0.25) is 0 Å². The second-order valence-corrected chi connectivity index (χ2v) is 7.04. The number of nitrogens with zero attached hydrogens (tertiary/aromatic N) is 1. The predicted octanol–water partition coefficient (Wildman–Crippen LogP) is 4.65. The maximum absolute atomic E-state index is 2.53. The van der Waals surface area contributed by atoms with Gasteiger partial charge in [-0.05, 0) is 22.8 Å². The SMILES string of the molecule is c1ccc(-c2cc(-c3ccccc3)sc(=[N+]3CCCC3)c2)cc1. The molecule has 0 amide bonds. The molecular weight excluding hydrogens is 298 g/mol. The van der Waals surface area contributed by atoms with E-state index < -0.39 is 0 Å². The minimum Gasteiger partial charge on any atom is -0.221 e. The second kappa shape index (κ2) is 6.51. The second-order valence-electron chi connectivity index (χ2n) is 5.97. The summed E-state index contributed by atoms with van der Waals surface area (Å²) in [6, 6.07) is 26.1. The molecule has 0 atom stereocenters. The Bertz CT molecular complexity index is 794. The highest BCUT2D eigenvalue weighted by Gasteiger charge is 2.15. The molecule has 0 bridgehead atoms. The molecule has 4 rings (SSSR count). The van der Waals surface area contributed by atoms with E-state index in [4.69, 9.17) is 0 Å². The van der Waals surface area contributed by atoms with Crippen LogP contribution in [0.5, 0.6) is 0 Å². The average molecular weight is 318 g/mol. The molecule has 0 spiro atoms. The molecule has 0 unspecified atom stereocenters. The summed E-state index contributed by atoms with van der Waals surface area (Å²) in [6.45, 7) is 2.37. The lowest BCUT2D eigenvalue weighted by atomic mass is 10.1. The summed E-state index contributed by atoms with van der Waals surface area (Å²) in [5, 5.41) is 0. The standard InChI is InChI=1S/C21H20NS/c1-3-9-17(10-4-1)19-15-20(18-11-5-2-6-12-18)23-21(16-19)22-13-7-8-14-22/h1-6,9-12,15-16H,7-8,13-14H2/q+1. The van der Waals surface area contributed by atoms with E-state index in [0.717, 1.165) is 0 Å². The van der Waals surface area contributed by atoms with Crippen LogP contribution in [0.4, 0.5) is 0 Å². The van der Waals surface area contributed by atoms with Crippen LogP contribution in [0.1, 0.15) is 12.8 Å². The van der Waals surface area contributed by atoms with Gasteiger partial charge >= 0.3 is 0 Å². The molecule has 1 fully saturated rings. The zero-order valence-corrected chi connectivity index (χ0v) is 13.9. The Morgan fingerprint density at radius 3 is 1.91 bits per heavy atom. The lowest BCUT2D eigenvalue weighted by Crippen LogP contribution is -2.24. The number of benzene rings is 2. The van der Waals surface area contributed by atoms with Crippen molar-refractivity contribution in [3.05, 3.63) is 77.5 Å². The average Bonchev–Trinajstić information content (AvgIpc) is 3.18. The summed E-state index contributed by atoms with van der Waals surface area (Å²) in [5.74, 6) is 0. The molecule has 23 heavy (non-hydrogen) atoms. The Kier molecular flexibility index (Phi) is 4.08. The van der Waals surface area contributed by atoms with Crippen molar-refractivity contribution >= 4 is 11.3 Å². The summed E-state index contributed by atoms with van der Waals surface area (Å²) in [7, 11) is 0. The molecule has 0 saturated carbocycles. The van der Waals surface area contributed by atoms with Crippen molar-refractivity contribution < 1.29 is 0 Å². The van der Waals surface area contributed by atoms with Crippen LogP contribution >= 0.6 is 11.3 Å². The molecule has 3 aromatic rings. The highest BCUT2D eigenvalue weighted by Crippen LogP contribution is 2.27. The zero-order valence-electron chi connectivity index (χ0n) is 13.1. The molecule has 2 heterocycles. The third-order valence-electron chi connectivity index (χ3n) is 4.36. The Labute approximate surface area is 141 Å². The van der Waals surface area contributed by atoms with Gasteiger partial charge in [0.25, 0.3) is 4.67 Å².